The summed E-state index contributed by atoms with van der Waals surface area (Å²) < 4.78 is 0. The average molecular weight is 253 g/mol. The van der Waals surface area contributed by atoms with Crippen molar-refractivity contribution in [3.05, 3.63) is 16.1 Å². The molecule has 0 unspecified atom stereocenters. The van der Waals surface area contributed by atoms with Gasteiger partial charge in [-0.1, -0.05) is 6.92 Å². The van der Waals surface area contributed by atoms with E-state index in [2.05, 4.69) is 22.5 Å². The quantitative estimate of drug-likeness (QED) is 0.851. The molecule has 1 aliphatic heterocycles. The summed E-state index contributed by atoms with van der Waals surface area (Å²) in [4.78, 5) is 16.3. The van der Waals surface area contributed by atoms with Gasteiger partial charge < -0.3 is 10.6 Å². The van der Waals surface area contributed by atoms with Gasteiger partial charge in [-0.2, -0.15) is 0 Å². The van der Waals surface area contributed by atoms with Crippen LogP contribution in [0, 0.1) is 5.92 Å². The first-order valence-electron chi connectivity index (χ1n) is 6.21. The van der Waals surface area contributed by atoms with E-state index in [0.717, 1.165) is 43.1 Å². The lowest BCUT2D eigenvalue weighted by Crippen LogP contribution is -2.40. The van der Waals surface area contributed by atoms with Crippen molar-refractivity contribution >= 4 is 17.2 Å². The van der Waals surface area contributed by atoms with Crippen molar-refractivity contribution in [2.75, 3.05) is 13.1 Å². The Morgan fingerprint density at radius 3 is 3.24 bits per heavy atom. The number of aryl methyl sites for hydroxylation is 1. The minimum absolute atomic E-state index is 0.132. The number of nitrogens with zero attached hydrogens (tertiary/aromatic N) is 1. The van der Waals surface area contributed by atoms with Crippen molar-refractivity contribution in [2.24, 2.45) is 5.92 Å². The molecule has 2 rings (SSSR count). The number of thiazole rings is 1. The van der Waals surface area contributed by atoms with Gasteiger partial charge in [-0.25, -0.2) is 4.98 Å². The number of nitrogens with one attached hydrogen (secondary N) is 2. The number of hydrogen-bond donors (Lipinski definition) is 2. The van der Waals surface area contributed by atoms with Crippen LogP contribution in [0.3, 0.4) is 0 Å². The Morgan fingerprint density at radius 1 is 1.71 bits per heavy atom. The zero-order valence-electron chi connectivity index (χ0n) is 10.2. The molecule has 2 N–H and O–H groups in total. The highest BCUT2D eigenvalue weighted by Crippen LogP contribution is 2.12. The highest BCUT2D eigenvalue weighted by atomic mass is 32.1. The Hall–Kier alpha value is -0.940. The third-order valence-corrected chi connectivity index (χ3v) is 4.06. The van der Waals surface area contributed by atoms with Crippen LogP contribution in [0.15, 0.2) is 5.38 Å². The second-order valence-electron chi connectivity index (χ2n) is 4.35. The molecule has 0 aliphatic carbocycles. The Morgan fingerprint density at radius 2 is 2.59 bits per heavy atom. The highest BCUT2D eigenvalue weighted by molar-refractivity contribution is 7.09. The molecule has 1 amide bonds. The molecule has 0 saturated carbocycles. The number of amides is 1. The smallest absolute Gasteiger partial charge is 0.224 e. The normalized spacial score (nSPS) is 20.2. The fraction of sp³-hybridized carbons (Fsp3) is 0.667. The molecule has 1 aliphatic rings. The Labute approximate surface area is 106 Å². The second-order valence-corrected chi connectivity index (χ2v) is 5.29. The van der Waals surface area contributed by atoms with Crippen molar-refractivity contribution in [1.29, 1.82) is 0 Å². The maximum atomic E-state index is 11.9. The van der Waals surface area contributed by atoms with Gasteiger partial charge in [0.15, 0.2) is 0 Å². The third-order valence-electron chi connectivity index (χ3n) is 3.01. The van der Waals surface area contributed by atoms with Crippen molar-refractivity contribution in [3.8, 4) is 0 Å². The van der Waals surface area contributed by atoms with Crippen LogP contribution < -0.4 is 10.6 Å². The summed E-state index contributed by atoms with van der Waals surface area (Å²) >= 11 is 1.66. The van der Waals surface area contributed by atoms with Gasteiger partial charge in [0.1, 0.15) is 0 Å². The van der Waals surface area contributed by atoms with E-state index in [1.54, 1.807) is 11.3 Å². The van der Waals surface area contributed by atoms with Gasteiger partial charge in [-0.3, -0.25) is 4.79 Å². The predicted molar refractivity (Wildman–Crippen MR) is 68.9 cm³/mol. The monoisotopic (exact) mass is 253 g/mol. The summed E-state index contributed by atoms with van der Waals surface area (Å²) in [6.45, 7) is 4.50. The molecule has 17 heavy (non-hydrogen) atoms. The number of rotatable bonds is 4. The molecule has 0 spiro atoms. The molecule has 2 heterocycles. The molecule has 0 bridgehead atoms. The van der Waals surface area contributed by atoms with Crippen LogP contribution in [0.25, 0.3) is 0 Å². The number of piperidine rings is 1. The first-order chi connectivity index (χ1) is 8.29. The van der Waals surface area contributed by atoms with E-state index in [9.17, 15) is 4.79 Å². The van der Waals surface area contributed by atoms with Gasteiger partial charge >= 0.3 is 0 Å². The van der Waals surface area contributed by atoms with Gasteiger partial charge in [0.05, 0.1) is 23.2 Å². The van der Waals surface area contributed by atoms with E-state index < -0.39 is 0 Å². The Kier molecular flexibility index (Phi) is 4.50. The predicted octanol–water partition coefficient (Wildman–Crippen LogP) is 1.32. The molecule has 4 nitrogen and oxygen atoms in total. The van der Waals surface area contributed by atoms with Gasteiger partial charge in [0.2, 0.25) is 5.91 Å². The topological polar surface area (TPSA) is 54.0 Å². The van der Waals surface area contributed by atoms with Crippen LogP contribution in [0.2, 0.25) is 0 Å². The molecule has 1 aromatic rings. The van der Waals surface area contributed by atoms with Crippen LogP contribution in [0.1, 0.15) is 30.5 Å². The highest BCUT2D eigenvalue weighted by Gasteiger charge is 2.20. The van der Waals surface area contributed by atoms with Crippen LogP contribution >= 0.6 is 11.3 Å². The van der Waals surface area contributed by atoms with E-state index in [0.29, 0.717) is 6.54 Å². The number of aromatic nitrogens is 1. The maximum absolute atomic E-state index is 11.9. The Balaban J connectivity index is 1.78. The summed E-state index contributed by atoms with van der Waals surface area (Å²) in [7, 11) is 0. The van der Waals surface area contributed by atoms with E-state index in [4.69, 9.17) is 0 Å². The molecular formula is C12H19N3OS. The van der Waals surface area contributed by atoms with E-state index in [1.165, 1.54) is 0 Å². The molecule has 5 heteroatoms. The van der Waals surface area contributed by atoms with E-state index >= 15 is 0 Å². The fourth-order valence-electron chi connectivity index (χ4n) is 1.99. The molecule has 94 valence electrons. The molecule has 1 atom stereocenters. The van der Waals surface area contributed by atoms with Crippen LogP contribution in [0.5, 0.6) is 0 Å². The average Bonchev–Trinajstić information content (AvgIpc) is 2.85. The zero-order valence-corrected chi connectivity index (χ0v) is 11.0. The minimum atomic E-state index is 0.132. The standard InChI is InChI=1S/C12H19N3OS/c1-2-11-15-10(8-17-11)7-14-12(16)9-4-3-5-13-6-9/h8-9,13H,2-7H2,1H3,(H,14,16)/t9-/m1/s1. The minimum Gasteiger partial charge on any atom is -0.350 e. The SMILES string of the molecule is CCc1nc(CNC(=O)[C@@H]2CCCNC2)cs1. The lowest BCUT2D eigenvalue weighted by molar-refractivity contribution is -0.125. The first-order valence-corrected chi connectivity index (χ1v) is 7.09. The van der Waals surface area contributed by atoms with E-state index in [1.807, 2.05) is 5.38 Å². The van der Waals surface area contributed by atoms with Crippen molar-refractivity contribution in [1.82, 2.24) is 15.6 Å². The van der Waals surface area contributed by atoms with Gasteiger partial charge in [-0.15, -0.1) is 11.3 Å². The molecular weight excluding hydrogens is 234 g/mol. The van der Waals surface area contributed by atoms with E-state index in [-0.39, 0.29) is 11.8 Å². The molecule has 0 aromatic carbocycles. The lowest BCUT2D eigenvalue weighted by Gasteiger charge is -2.21. The summed E-state index contributed by atoms with van der Waals surface area (Å²) in [6, 6.07) is 0. The maximum Gasteiger partial charge on any atom is 0.224 e. The zero-order chi connectivity index (χ0) is 12.1. The van der Waals surface area contributed by atoms with Crippen molar-refractivity contribution < 1.29 is 4.79 Å². The van der Waals surface area contributed by atoms with Crippen LogP contribution in [0.4, 0.5) is 0 Å². The first kappa shape index (κ1) is 12.5. The largest absolute Gasteiger partial charge is 0.350 e. The van der Waals surface area contributed by atoms with Crippen molar-refractivity contribution in [2.45, 2.75) is 32.7 Å². The second kappa shape index (κ2) is 6.12. The Bertz CT molecular complexity index is 372. The summed E-state index contributed by atoms with van der Waals surface area (Å²) in [5.41, 5.74) is 0.976. The summed E-state index contributed by atoms with van der Waals surface area (Å²) in [5.74, 6) is 0.288. The number of carbonyl (C=O) groups excluding carboxylic acids is 1. The fourth-order valence-corrected chi connectivity index (χ4v) is 2.73. The molecule has 0 radical (unpaired) electrons. The van der Waals surface area contributed by atoms with Crippen LogP contribution in [-0.2, 0) is 17.8 Å². The summed E-state index contributed by atoms with van der Waals surface area (Å²) in [6.07, 6.45) is 3.05. The van der Waals surface area contributed by atoms with Gasteiger partial charge in [0.25, 0.3) is 0 Å². The molecule has 1 aromatic heterocycles. The number of carbonyl (C=O) groups is 1. The van der Waals surface area contributed by atoms with Crippen molar-refractivity contribution in [3.63, 3.8) is 0 Å². The molecule has 1 saturated heterocycles. The lowest BCUT2D eigenvalue weighted by atomic mass is 9.99. The third kappa shape index (κ3) is 3.51. The summed E-state index contributed by atoms with van der Waals surface area (Å²) in [5, 5.41) is 9.38. The van der Waals surface area contributed by atoms with Gasteiger partial charge in [-0.05, 0) is 25.8 Å². The number of hydrogen-bond acceptors (Lipinski definition) is 4. The van der Waals surface area contributed by atoms with Crippen LogP contribution in [-0.4, -0.2) is 24.0 Å². The van der Waals surface area contributed by atoms with Gasteiger partial charge in [0, 0.05) is 11.9 Å². The molecule has 1 fully saturated rings.